The van der Waals surface area contributed by atoms with Crippen LogP contribution in [0.25, 0.3) is 0 Å². The van der Waals surface area contributed by atoms with Crippen LogP contribution in [0.1, 0.15) is 23.6 Å². The lowest BCUT2D eigenvalue weighted by Gasteiger charge is -2.16. The summed E-state index contributed by atoms with van der Waals surface area (Å²) in [5.74, 6) is 1.50. The fraction of sp³-hybridized carbons (Fsp3) is 0.300. The van der Waals surface area contributed by atoms with Crippen molar-refractivity contribution in [3.63, 3.8) is 0 Å². The Labute approximate surface area is 152 Å². The maximum absolute atomic E-state index is 6.03. The van der Waals surface area contributed by atoms with Gasteiger partial charge in [0.2, 0.25) is 0 Å². The molecular weight excluding hydrogens is 366 g/mol. The molecule has 0 aliphatic heterocycles. The minimum absolute atomic E-state index is 0.508. The molecule has 2 rings (SSSR count). The number of hydrogen-bond acceptors (Lipinski definition) is 3. The van der Waals surface area contributed by atoms with E-state index in [1.54, 1.807) is 0 Å². The van der Waals surface area contributed by atoms with E-state index >= 15 is 0 Å². The molecule has 0 amide bonds. The lowest BCUT2D eigenvalue weighted by Crippen LogP contribution is -2.13. The molecule has 0 saturated heterocycles. The van der Waals surface area contributed by atoms with Crippen molar-refractivity contribution in [2.45, 2.75) is 27.0 Å². The molecule has 0 radical (unpaired) electrons. The summed E-state index contributed by atoms with van der Waals surface area (Å²) in [5, 5.41) is 3.30. The largest absolute Gasteiger partial charge is 0.490 e. The van der Waals surface area contributed by atoms with Gasteiger partial charge in [-0.15, -0.1) is 6.58 Å². The molecule has 0 heterocycles. The molecule has 0 saturated carbocycles. The maximum Gasteiger partial charge on any atom is 0.175 e. The van der Waals surface area contributed by atoms with E-state index in [1.165, 1.54) is 5.56 Å². The van der Waals surface area contributed by atoms with Gasteiger partial charge in [0, 0.05) is 13.1 Å². The number of benzene rings is 2. The van der Waals surface area contributed by atoms with Gasteiger partial charge in [0.1, 0.15) is 6.61 Å². The van der Waals surface area contributed by atoms with Crippen LogP contribution in [-0.2, 0) is 13.2 Å². The van der Waals surface area contributed by atoms with Gasteiger partial charge in [-0.2, -0.15) is 0 Å². The fourth-order valence-corrected chi connectivity index (χ4v) is 3.01. The SMILES string of the molecule is C=CCNCc1cc(Br)c(OCc2cccc(C)c2)c(OCC)c1. The third kappa shape index (κ3) is 5.39. The van der Waals surface area contributed by atoms with Gasteiger partial charge in [-0.05, 0) is 53.0 Å². The Morgan fingerprint density at radius 1 is 1.17 bits per heavy atom. The van der Waals surface area contributed by atoms with E-state index in [0.717, 1.165) is 40.2 Å². The topological polar surface area (TPSA) is 30.5 Å². The molecule has 24 heavy (non-hydrogen) atoms. The Morgan fingerprint density at radius 3 is 2.71 bits per heavy atom. The first-order valence-corrected chi connectivity index (χ1v) is 8.88. The summed E-state index contributed by atoms with van der Waals surface area (Å²) < 4.78 is 12.7. The second-order valence-corrected chi connectivity index (χ2v) is 6.39. The normalized spacial score (nSPS) is 10.5. The van der Waals surface area contributed by atoms with Crippen molar-refractivity contribution < 1.29 is 9.47 Å². The first-order valence-electron chi connectivity index (χ1n) is 8.09. The Balaban J connectivity index is 2.16. The van der Waals surface area contributed by atoms with Crippen LogP contribution in [0.15, 0.2) is 53.5 Å². The van der Waals surface area contributed by atoms with Crippen LogP contribution in [-0.4, -0.2) is 13.2 Å². The standard InChI is InChI=1S/C20H24BrNO2/c1-4-9-22-13-17-11-18(21)20(19(12-17)23-5-2)24-14-16-8-6-7-15(3)10-16/h4,6-8,10-12,22H,1,5,9,13-14H2,2-3H3. The molecule has 0 unspecified atom stereocenters. The Kier molecular flexibility index (Phi) is 7.35. The molecule has 0 fully saturated rings. The molecule has 0 spiro atoms. The lowest BCUT2D eigenvalue weighted by atomic mass is 10.1. The quantitative estimate of drug-likeness (QED) is 0.482. The zero-order valence-electron chi connectivity index (χ0n) is 14.3. The minimum Gasteiger partial charge on any atom is -0.490 e. The second kappa shape index (κ2) is 9.50. The van der Waals surface area contributed by atoms with E-state index < -0.39 is 0 Å². The summed E-state index contributed by atoms with van der Waals surface area (Å²) in [4.78, 5) is 0. The van der Waals surface area contributed by atoms with Gasteiger partial charge >= 0.3 is 0 Å². The van der Waals surface area contributed by atoms with Crippen LogP contribution < -0.4 is 14.8 Å². The van der Waals surface area contributed by atoms with Gasteiger partial charge in [0.15, 0.2) is 11.5 Å². The van der Waals surface area contributed by atoms with Crippen molar-refractivity contribution >= 4 is 15.9 Å². The molecule has 0 bridgehead atoms. The van der Waals surface area contributed by atoms with Crippen molar-refractivity contribution in [2.75, 3.05) is 13.2 Å². The smallest absolute Gasteiger partial charge is 0.175 e. The second-order valence-electron chi connectivity index (χ2n) is 5.54. The van der Waals surface area contributed by atoms with E-state index in [-0.39, 0.29) is 0 Å². The fourth-order valence-electron chi connectivity index (χ4n) is 2.40. The average molecular weight is 390 g/mol. The van der Waals surface area contributed by atoms with Gasteiger partial charge in [0.25, 0.3) is 0 Å². The highest BCUT2D eigenvalue weighted by Gasteiger charge is 2.12. The molecule has 128 valence electrons. The molecule has 2 aromatic carbocycles. The zero-order valence-corrected chi connectivity index (χ0v) is 15.9. The van der Waals surface area contributed by atoms with Crippen LogP contribution >= 0.6 is 15.9 Å². The van der Waals surface area contributed by atoms with Crippen molar-refractivity contribution in [1.29, 1.82) is 0 Å². The Hall–Kier alpha value is -1.78. The number of aryl methyl sites for hydroxylation is 1. The van der Waals surface area contributed by atoms with Gasteiger partial charge in [0.05, 0.1) is 11.1 Å². The van der Waals surface area contributed by atoms with Gasteiger partial charge in [-0.25, -0.2) is 0 Å². The van der Waals surface area contributed by atoms with Crippen molar-refractivity contribution in [3.05, 3.63) is 70.2 Å². The highest BCUT2D eigenvalue weighted by atomic mass is 79.9. The van der Waals surface area contributed by atoms with Crippen LogP contribution in [0.2, 0.25) is 0 Å². The Bertz CT molecular complexity index is 685. The number of ether oxygens (including phenoxy) is 2. The molecule has 1 N–H and O–H groups in total. The zero-order chi connectivity index (χ0) is 17.4. The first kappa shape index (κ1) is 18.6. The number of nitrogens with one attached hydrogen (secondary N) is 1. The van der Waals surface area contributed by atoms with Crippen LogP contribution in [0.3, 0.4) is 0 Å². The monoisotopic (exact) mass is 389 g/mol. The van der Waals surface area contributed by atoms with Gasteiger partial charge < -0.3 is 14.8 Å². The van der Waals surface area contributed by atoms with Crippen LogP contribution in [0.4, 0.5) is 0 Å². The molecular formula is C20H24BrNO2. The summed E-state index contributed by atoms with van der Waals surface area (Å²) in [6.45, 7) is 10.4. The van der Waals surface area contributed by atoms with Gasteiger partial charge in [-0.1, -0.05) is 35.9 Å². The van der Waals surface area contributed by atoms with E-state index in [0.29, 0.717) is 13.2 Å². The summed E-state index contributed by atoms with van der Waals surface area (Å²) in [6.07, 6.45) is 1.85. The molecule has 3 nitrogen and oxygen atoms in total. The van der Waals surface area contributed by atoms with E-state index in [2.05, 4.69) is 59.0 Å². The molecule has 0 aromatic heterocycles. The van der Waals surface area contributed by atoms with Crippen LogP contribution in [0.5, 0.6) is 11.5 Å². The number of rotatable bonds is 9. The predicted octanol–water partition coefficient (Wildman–Crippen LogP) is 5.01. The van der Waals surface area contributed by atoms with E-state index in [4.69, 9.17) is 9.47 Å². The van der Waals surface area contributed by atoms with Crippen molar-refractivity contribution in [3.8, 4) is 11.5 Å². The minimum atomic E-state index is 0.508. The lowest BCUT2D eigenvalue weighted by molar-refractivity contribution is 0.267. The molecule has 0 atom stereocenters. The Morgan fingerprint density at radius 2 is 2.00 bits per heavy atom. The van der Waals surface area contributed by atoms with E-state index in [9.17, 15) is 0 Å². The third-order valence-corrected chi connectivity index (χ3v) is 4.04. The van der Waals surface area contributed by atoms with Crippen LogP contribution in [0, 0.1) is 6.92 Å². The molecule has 4 heteroatoms. The molecule has 0 aliphatic rings. The maximum atomic E-state index is 6.03. The summed E-state index contributed by atoms with van der Waals surface area (Å²) in [5.41, 5.74) is 3.50. The summed E-state index contributed by atoms with van der Waals surface area (Å²) in [7, 11) is 0. The number of hydrogen-bond donors (Lipinski definition) is 1. The summed E-state index contributed by atoms with van der Waals surface area (Å²) in [6, 6.07) is 12.4. The molecule has 0 aliphatic carbocycles. The average Bonchev–Trinajstić information content (AvgIpc) is 2.55. The highest BCUT2D eigenvalue weighted by Crippen LogP contribution is 2.37. The van der Waals surface area contributed by atoms with Crippen molar-refractivity contribution in [1.82, 2.24) is 5.32 Å². The summed E-state index contributed by atoms with van der Waals surface area (Å²) >= 11 is 3.61. The number of halogens is 1. The van der Waals surface area contributed by atoms with E-state index in [1.807, 2.05) is 25.1 Å². The highest BCUT2D eigenvalue weighted by molar-refractivity contribution is 9.10. The predicted molar refractivity (Wildman–Crippen MR) is 103 cm³/mol. The molecule has 2 aromatic rings. The first-order chi connectivity index (χ1) is 11.6. The van der Waals surface area contributed by atoms with Crippen molar-refractivity contribution in [2.24, 2.45) is 0 Å². The third-order valence-electron chi connectivity index (χ3n) is 3.45. The van der Waals surface area contributed by atoms with Gasteiger partial charge in [-0.3, -0.25) is 0 Å².